The number of carboxylic acid groups (broad SMARTS) is 1. The van der Waals surface area contributed by atoms with Crippen LogP contribution in [0, 0.1) is 5.92 Å². The topological polar surface area (TPSA) is 143 Å². The first kappa shape index (κ1) is 29.5. The van der Waals surface area contributed by atoms with E-state index in [1.807, 2.05) is 13.8 Å². The molecule has 10 heteroatoms. The molecule has 4 N–H and O–H groups in total. The maximum Gasteiger partial charge on any atom is 0.408 e. The smallest absolute Gasteiger partial charge is 0.408 e. The van der Waals surface area contributed by atoms with Crippen LogP contribution in [0.15, 0.2) is 0 Å². The van der Waals surface area contributed by atoms with Crippen molar-refractivity contribution in [3.8, 4) is 0 Å². The summed E-state index contributed by atoms with van der Waals surface area (Å²) in [6, 6.07) is -1.81. The molecular formula is C22H41N3O7. The Morgan fingerprint density at radius 3 is 1.69 bits per heavy atom. The van der Waals surface area contributed by atoms with Gasteiger partial charge in [-0.25, -0.2) is 14.4 Å². The van der Waals surface area contributed by atoms with E-state index in [0.717, 1.165) is 0 Å². The van der Waals surface area contributed by atoms with E-state index in [1.54, 1.807) is 41.5 Å². The van der Waals surface area contributed by atoms with E-state index in [1.165, 1.54) is 0 Å². The molecule has 0 aromatic carbocycles. The van der Waals surface area contributed by atoms with E-state index in [0.29, 0.717) is 25.8 Å². The number of nitrogens with one attached hydrogen (secondary N) is 3. The van der Waals surface area contributed by atoms with Gasteiger partial charge in [-0.05, 0) is 73.1 Å². The molecule has 0 heterocycles. The molecule has 0 spiro atoms. The summed E-state index contributed by atoms with van der Waals surface area (Å²) < 4.78 is 10.3. The van der Waals surface area contributed by atoms with Crippen LogP contribution in [0.5, 0.6) is 0 Å². The molecule has 0 saturated heterocycles. The first-order valence-corrected chi connectivity index (χ1v) is 11.0. The van der Waals surface area contributed by atoms with E-state index >= 15 is 0 Å². The van der Waals surface area contributed by atoms with Crippen LogP contribution in [0.3, 0.4) is 0 Å². The van der Waals surface area contributed by atoms with Crippen molar-refractivity contribution in [3.63, 3.8) is 0 Å². The predicted octanol–water partition coefficient (Wildman–Crippen LogP) is 3.19. The summed E-state index contributed by atoms with van der Waals surface area (Å²) in [7, 11) is 0. The van der Waals surface area contributed by atoms with Crippen LogP contribution in [0.25, 0.3) is 0 Å². The van der Waals surface area contributed by atoms with Gasteiger partial charge < -0.3 is 30.5 Å². The molecular weight excluding hydrogens is 418 g/mol. The van der Waals surface area contributed by atoms with Crippen LogP contribution in [-0.4, -0.2) is 59.0 Å². The van der Waals surface area contributed by atoms with Crippen LogP contribution in [0.4, 0.5) is 9.59 Å². The number of hydrogen-bond donors (Lipinski definition) is 4. The second kappa shape index (κ2) is 13.1. The fourth-order valence-electron chi connectivity index (χ4n) is 2.67. The zero-order valence-corrected chi connectivity index (χ0v) is 20.7. The number of ether oxygens (including phenoxy) is 2. The lowest BCUT2D eigenvalue weighted by molar-refractivity contribution is -0.139. The molecule has 0 unspecified atom stereocenters. The zero-order chi connectivity index (χ0) is 25.1. The van der Waals surface area contributed by atoms with Crippen LogP contribution in [0.1, 0.15) is 81.1 Å². The lowest BCUT2D eigenvalue weighted by atomic mass is 10.0. The van der Waals surface area contributed by atoms with Gasteiger partial charge in [0.1, 0.15) is 23.3 Å². The number of rotatable bonds is 11. The fourth-order valence-corrected chi connectivity index (χ4v) is 2.67. The highest BCUT2D eigenvalue weighted by atomic mass is 16.6. The Bertz CT molecular complexity index is 636. The third-order valence-corrected chi connectivity index (χ3v) is 3.92. The van der Waals surface area contributed by atoms with Crippen LogP contribution >= 0.6 is 0 Å². The Labute approximate surface area is 191 Å². The van der Waals surface area contributed by atoms with Gasteiger partial charge in [-0.15, -0.1) is 0 Å². The van der Waals surface area contributed by atoms with Crippen molar-refractivity contribution in [2.24, 2.45) is 5.92 Å². The third-order valence-electron chi connectivity index (χ3n) is 3.92. The summed E-state index contributed by atoms with van der Waals surface area (Å²) in [4.78, 5) is 47.7. The summed E-state index contributed by atoms with van der Waals surface area (Å²) >= 11 is 0. The number of carbonyl (C=O) groups excluding carboxylic acids is 3. The molecule has 0 aliphatic carbocycles. The van der Waals surface area contributed by atoms with Crippen molar-refractivity contribution in [2.45, 2.75) is 104 Å². The molecule has 0 aliphatic rings. The van der Waals surface area contributed by atoms with Crippen molar-refractivity contribution in [3.05, 3.63) is 0 Å². The van der Waals surface area contributed by atoms with E-state index in [-0.39, 0.29) is 18.2 Å². The SMILES string of the molecule is CC(C)C[C@H](NC(=O)OC(C)(C)C)C(=O)NCCCC[C@@H](NC(=O)OC(C)(C)C)C(=O)O. The maximum absolute atomic E-state index is 12.5. The van der Waals surface area contributed by atoms with Gasteiger partial charge in [0.05, 0.1) is 0 Å². The lowest BCUT2D eigenvalue weighted by Crippen LogP contribution is -2.49. The van der Waals surface area contributed by atoms with Gasteiger partial charge in [0.2, 0.25) is 5.91 Å². The predicted molar refractivity (Wildman–Crippen MR) is 120 cm³/mol. The molecule has 10 nitrogen and oxygen atoms in total. The number of alkyl carbamates (subject to hydrolysis) is 2. The van der Waals surface area contributed by atoms with E-state index in [2.05, 4.69) is 16.0 Å². The number of aliphatic carboxylic acids is 1. The van der Waals surface area contributed by atoms with Crippen molar-refractivity contribution in [2.75, 3.05) is 6.54 Å². The average Bonchev–Trinajstić information content (AvgIpc) is 2.55. The van der Waals surface area contributed by atoms with Gasteiger partial charge in [-0.2, -0.15) is 0 Å². The van der Waals surface area contributed by atoms with Gasteiger partial charge in [-0.1, -0.05) is 13.8 Å². The van der Waals surface area contributed by atoms with Crippen molar-refractivity contribution < 1.29 is 33.8 Å². The highest BCUT2D eigenvalue weighted by Gasteiger charge is 2.26. The van der Waals surface area contributed by atoms with E-state index in [9.17, 15) is 24.3 Å². The summed E-state index contributed by atoms with van der Waals surface area (Å²) in [6.45, 7) is 14.5. The Kier molecular flexibility index (Phi) is 12.1. The molecule has 0 saturated carbocycles. The minimum atomic E-state index is -1.15. The first-order chi connectivity index (χ1) is 14.5. The van der Waals surface area contributed by atoms with Crippen molar-refractivity contribution >= 4 is 24.1 Å². The summed E-state index contributed by atoms with van der Waals surface area (Å²) in [5, 5.41) is 17.0. The second-order valence-corrected chi connectivity index (χ2v) is 10.2. The molecule has 0 aromatic heterocycles. The van der Waals surface area contributed by atoms with Gasteiger partial charge in [0.15, 0.2) is 0 Å². The molecule has 0 radical (unpaired) electrons. The molecule has 0 bridgehead atoms. The Hall–Kier alpha value is -2.52. The summed E-state index contributed by atoms with van der Waals surface area (Å²) in [6.07, 6.45) is 0.161. The monoisotopic (exact) mass is 459 g/mol. The number of hydrogen-bond acceptors (Lipinski definition) is 6. The summed E-state index contributed by atoms with van der Waals surface area (Å²) in [5.74, 6) is -1.30. The summed E-state index contributed by atoms with van der Waals surface area (Å²) in [5.41, 5.74) is -1.39. The number of unbranched alkanes of at least 4 members (excludes halogenated alkanes) is 1. The standard InChI is InChI=1S/C22H41N3O7/c1-14(2)13-16(25-20(30)32-22(6,7)8)17(26)23-12-10-9-11-15(18(27)28)24-19(29)31-21(3,4)5/h14-16H,9-13H2,1-8H3,(H,23,26)(H,24,29)(H,25,30)(H,27,28)/t15-,16+/m1/s1. The Morgan fingerprint density at radius 1 is 0.812 bits per heavy atom. The zero-order valence-electron chi connectivity index (χ0n) is 20.7. The van der Waals surface area contributed by atoms with Crippen LogP contribution < -0.4 is 16.0 Å². The van der Waals surface area contributed by atoms with Gasteiger partial charge in [0.25, 0.3) is 0 Å². The van der Waals surface area contributed by atoms with E-state index < -0.39 is 41.4 Å². The normalized spacial score (nSPS) is 13.7. The quantitative estimate of drug-likeness (QED) is 0.347. The second-order valence-electron chi connectivity index (χ2n) is 10.2. The first-order valence-electron chi connectivity index (χ1n) is 11.0. The molecule has 0 rings (SSSR count). The molecule has 2 atom stereocenters. The Morgan fingerprint density at radius 2 is 1.28 bits per heavy atom. The molecule has 0 aliphatic heterocycles. The van der Waals surface area contributed by atoms with E-state index in [4.69, 9.17) is 9.47 Å². The maximum atomic E-state index is 12.5. The lowest BCUT2D eigenvalue weighted by Gasteiger charge is -2.24. The fraction of sp³-hybridized carbons (Fsp3) is 0.818. The minimum absolute atomic E-state index is 0.177. The van der Waals surface area contributed by atoms with Crippen molar-refractivity contribution in [1.82, 2.24) is 16.0 Å². The highest BCUT2D eigenvalue weighted by molar-refractivity contribution is 5.85. The molecule has 0 aromatic rings. The molecule has 3 amide bonds. The molecule has 32 heavy (non-hydrogen) atoms. The van der Waals surface area contributed by atoms with Gasteiger partial charge >= 0.3 is 18.2 Å². The average molecular weight is 460 g/mol. The largest absolute Gasteiger partial charge is 0.480 e. The van der Waals surface area contributed by atoms with Crippen molar-refractivity contribution in [1.29, 1.82) is 0 Å². The number of carbonyl (C=O) groups is 4. The molecule has 0 fully saturated rings. The highest BCUT2D eigenvalue weighted by Crippen LogP contribution is 2.10. The molecule has 186 valence electrons. The van der Waals surface area contributed by atoms with Crippen LogP contribution in [0.2, 0.25) is 0 Å². The van der Waals surface area contributed by atoms with Gasteiger partial charge in [0, 0.05) is 6.54 Å². The van der Waals surface area contributed by atoms with Crippen LogP contribution in [-0.2, 0) is 19.1 Å². The minimum Gasteiger partial charge on any atom is -0.480 e. The number of carboxylic acids is 1. The Balaban J connectivity index is 4.55. The van der Waals surface area contributed by atoms with Gasteiger partial charge in [-0.3, -0.25) is 4.79 Å². The third kappa shape index (κ3) is 15.3. The number of amides is 3.